The lowest BCUT2D eigenvalue weighted by Crippen LogP contribution is -2.38. The van der Waals surface area contributed by atoms with E-state index in [1.807, 2.05) is 30.3 Å². The van der Waals surface area contributed by atoms with Crippen molar-refractivity contribution < 1.29 is 9.59 Å². The zero-order valence-corrected chi connectivity index (χ0v) is 16.5. The van der Waals surface area contributed by atoms with Gasteiger partial charge in [-0.2, -0.15) is 0 Å². The number of nitrogens with one attached hydrogen (secondary N) is 2. The summed E-state index contributed by atoms with van der Waals surface area (Å²) in [6, 6.07) is 16.0. The predicted octanol–water partition coefficient (Wildman–Crippen LogP) is 3.44. The average Bonchev–Trinajstić information content (AvgIpc) is 2.66. The molecule has 27 heavy (non-hydrogen) atoms. The van der Waals surface area contributed by atoms with E-state index in [4.69, 9.17) is 0 Å². The van der Waals surface area contributed by atoms with Crippen molar-refractivity contribution in [2.45, 2.75) is 30.4 Å². The van der Waals surface area contributed by atoms with Crippen molar-refractivity contribution in [3.63, 3.8) is 0 Å². The maximum atomic E-state index is 12.3. The van der Waals surface area contributed by atoms with Gasteiger partial charge in [-0.15, -0.1) is 11.8 Å². The minimum Gasteiger partial charge on any atom is -0.370 e. The van der Waals surface area contributed by atoms with E-state index in [0.717, 1.165) is 29.4 Å². The Morgan fingerprint density at radius 3 is 2.81 bits per heavy atom. The fourth-order valence-electron chi connectivity index (χ4n) is 3.09. The molecule has 0 unspecified atom stereocenters. The maximum Gasteiger partial charge on any atom is 0.238 e. The van der Waals surface area contributed by atoms with Crippen LogP contribution in [0.5, 0.6) is 0 Å². The number of carbonyl (C=O) groups excluding carboxylic acids is 2. The Kier molecular flexibility index (Phi) is 6.40. The van der Waals surface area contributed by atoms with Gasteiger partial charge in [0, 0.05) is 36.6 Å². The van der Waals surface area contributed by atoms with Gasteiger partial charge in [0.2, 0.25) is 11.8 Å². The van der Waals surface area contributed by atoms with E-state index in [2.05, 4.69) is 47.6 Å². The number of amides is 2. The SMILES string of the molecule is CCN(CCNC(=O)C[C@H]1Sc2ccccc2NC1=O)c1cccc(C)c1. The number of carbonyl (C=O) groups is 2. The molecule has 5 nitrogen and oxygen atoms in total. The van der Waals surface area contributed by atoms with Crippen molar-refractivity contribution in [3.05, 3.63) is 54.1 Å². The highest BCUT2D eigenvalue weighted by Crippen LogP contribution is 2.36. The first-order chi connectivity index (χ1) is 13.1. The summed E-state index contributed by atoms with van der Waals surface area (Å²) in [7, 11) is 0. The molecule has 1 atom stereocenters. The number of fused-ring (bicyclic) bond motifs is 1. The molecule has 1 heterocycles. The van der Waals surface area contributed by atoms with E-state index in [0.29, 0.717) is 6.54 Å². The summed E-state index contributed by atoms with van der Waals surface area (Å²) in [4.78, 5) is 27.8. The van der Waals surface area contributed by atoms with Gasteiger partial charge < -0.3 is 15.5 Å². The lowest BCUT2D eigenvalue weighted by Gasteiger charge is -2.25. The van der Waals surface area contributed by atoms with Crippen molar-refractivity contribution in [3.8, 4) is 0 Å². The Balaban J connectivity index is 1.49. The van der Waals surface area contributed by atoms with Crippen LogP contribution in [0, 0.1) is 6.92 Å². The molecule has 0 saturated carbocycles. The topological polar surface area (TPSA) is 61.4 Å². The first-order valence-corrected chi connectivity index (χ1v) is 10.1. The summed E-state index contributed by atoms with van der Waals surface area (Å²) in [6.07, 6.45) is 0.182. The Labute approximate surface area is 164 Å². The summed E-state index contributed by atoms with van der Waals surface area (Å²) >= 11 is 1.45. The van der Waals surface area contributed by atoms with E-state index < -0.39 is 0 Å². The molecule has 0 fully saturated rings. The van der Waals surface area contributed by atoms with Crippen molar-refractivity contribution in [1.82, 2.24) is 5.32 Å². The molecule has 1 aliphatic heterocycles. The van der Waals surface area contributed by atoms with Crippen LogP contribution in [0.3, 0.4) is 0 Å². The number of benzene rings is 2. The zero-order chi connectivity index (χ0) is 19.2. The predicted molar refractivity (Wildman–Crippen MR) is 111 cm³/mol. The maximum absolute atomic E-state index is 12.3. The summed E-state index contributed by atoms with van der Waals surface area (Å²) in [5.41, 5.74) is 3.20. The third-order valence-corrected chi connectivity index (χ3v) is 5.80. The number of rotatable bonds is 7. The molecule has 0 aromatic heterocycles. The van der Waals surface area contributed by atoms with Crippen LogP contribution >= 0.6 is 11.8 Å². The smallest absolute Gasteiger partial charge is 0.238 e. The average molecular weight is 384 g/mol. The Bertz CT molecular complexity index is 825. The quantitative estimate of drug-likeness (QED) is 0.769. The molecular formula is C21H25N3O2S. The minimum absolute atomic E-state index is 0.0951. The van der Waals surface area contributed by atoms with E-state index in [1.165, 1.54) is 17.3 Å². The van der Waals surface area contributed by atoms with Crippen LogP contribution in [-0.4, -0.2) is 36.7 Å². The van der Waals surface area contributed by atoms with Crippen molar-refractivity contribution in [2.24, 2.45) is 0 Å². The molecule has 1 aliphatic rings. The molecule has 2 aromatic carbocycles. The van der Waals surface area contributed by atoms with Crippen molar-refractivity contribution in [1.29, 1.82) is 0 Å². The van der Waals surface area contributed by atoms with Crippen LogP contribution in [0.2, 0.25) is 0 Å². The highest BCUT2D eigenvalue weighted by Gasteiger charge is 2.28. The summed E-state index contributed by atoms with van der Waals surface area (Å²) in [6.45, 7) is 6.33. The summed E-state index contributed by atoms with van der Waals surface area (Å²) in [5.74, 6) is -0.203. The number of hydrogen-bond acceptors (Lipinski definition) is 4. The van der Waals surface area contributed by atoms with Crippen LogP contribution in [0.1, 0.15) is 18.9 Å². The highest BCUT2D eigenvalue weighted by molar-refractivity contribution is 8.01. The first-order valence-electron chi connectivity index (χ1n) is 9.21. The molecule has 2 aromatic rings. The largest absolute Gasteiger partial charge is 0.370 e. The zero-order valence-electron chi connectivity index (χ0n) is 15.7. The van der Waals surface area contributed by atoms with Gasteiger partial charge in [0.05, 0.1) is 10.9 Å². The lowest BCUT2D eigenvalue weighted by molar-refractivity contribution is -0.124. The van der Waals surface area contributed by atoms with Crippen LogP contribution in [-0.2, 0) is 9.59 Å². The molecule has 3 rings (SSSR count). The van der Waals surface area contributed by atoms with Crippen LogP contribution in [0.15, 0.2) is 53.4 Å². The molecule has 0 spiro atoms. The number of nitrogens with zero attached hydrogens (tertiary/aromatic N) is 1. The molecule has 0 saturated heterocycles. The van der Waals surface area contributed by atoms with Gasteiger partial charge in [-0.25, -0.2) is 0 Å². The van der Waals surface area contributed by atoms with E-state index in [9.17, 15) is 9.59 Å². The van der Waals surface area contributed by atoms with Gasteiger partial charge >= 0.3 is 0 Å². The minimum atomic E-state index is -0.390. The Hall–Kier alpha value is -2.47. The molecule has 2 amide bonds. The number of hydrogen-bond donors (Lipinski definition) is 2. The van der Waals surface area contributed by atoms with E-state index >= 15 is 0 Å². The third-order valence-electron chi connectivity index (χ3n) is 4.53. The van der Waals surface area contributed by atoms with E-state index in [1.54, 1.807) is 0 Å². The molecule has 2 N–H and O–H groups in total. The van der Waals surface area contributed by atoms with Gasteiger partial charge in [-0.1, -0.05) is 24.3 Å². The third kappa shape index (κ3) is 5.04. The van der Waals surface area contributed by atoms with E-state index in [-0.39, 0.29) is 23.5 Å². The molecule has 142 valence electrons. The van der Waals surface area contributed by atoms with Gasteiger partial charge in [-0.05, 0) is 43.7 Å². The number of para-hydroxylation sites is 1. The van der Waals surface area contributed by atoms with Crippen molar-refractivity contribution in [2.75, 3.05) is 29.9 Å². The number of thioether (sulfide) groups is 1. The summed E-state index contributed by atoms with van der Waals surface area (Å²) < 4.78 is 0. The van der Waals surface area contributed by atoms with Crippen LogP contribution in [0.25, 0.3) is 0 Å². The fourth-order valence-corrected chi connectivity index (χ4v) is 4.20. The van der Waals surface area contributed by atoms with Crippen molar-refractivity contribution >= 4 is 35.0 Å². The second kappa shape index (κ2) is 8.95. The Morgan fingerprint density at radius 1 is 1.22 bits per heavy atom. The van der Waals surface area contributed by atoms with Crippen LogP contribution in [0.4, 0.5) is 11.4 Å². The van der Waals surface area contributed by atoms with Gasteiger partial charge in [0.1, 0.15) is 0 Å². The molecular weight excluding hydrogens is 358 g/mol. The number of aryl methyl sites for hydroxylation is 1. The molecule has 0 radical (unpaired) electrons. The fraction of sp³-hybridized carbons (Fsp3) is 0.333. The normalized spacial score (nSPS) is 15.6. The monoisotopic (exact) mass is 383 g/mol. The highest BCUT2D eigenvalue weighted by atomic mass is 32.2. The number of likely N-dealkylation sites (N-methyl/N-ethyl adjacent to an activating group) is 1. The Morgan fingerprint density at radius 2 is 2.04 bits per heavy atom. The standard InChI is InChI=1S/C21H25N3O2S/c1-3-24(16-8-6-7-15(2)13-16)12-11-22-20(25)14-19-21(26)23-17-9-4-5-10-18(17)27-19/h4-10,13,19H,3,11-12,14H2,1-2H3,(H,22,25)(H,23,26)/t19-/m1/s1. The van der Waals surface area contributed by atoms with Gasteiger partial charge in [0.15, 0.2) is 0 Å². The van der Waals surface area contributed by atoms with Gasteiger partial charge in [0.25, 0.3) is 0 Å². The summed E-state index contributed by atoms with van der Waals surface area (Å²) in [5, 5.41) is 5.44. The molecule has 0 aliphatic carbocycles. The van der Waals surface area contributed by atoms with Gasteiger partial charge in [-0.3, -0.25) is 9.59 Å². The second-order valence-electron chi connectivity index (χ2n) is 6.56. The molecule has 0 bridgehead atoms. The van der Waals surface area contributed by atoms with Crippen LogP contribution < -0.4 is 15.5 Å². The second-order valence-corrected chi connectivity index (χ2v) is 7.81. The first kappa shape index (κ1) is 19.3. The molecule has 6 heteroatoms. The lowest BCUT2D eigenvalue weighted by atomic mass is 10.2. The number of anilines is 2.